The molecule has 14 heavy (non-hydrogen) atoms. The van der Waals surface area contributed by atoms with Crippen molar-refractivity contribution in [2.45, 2.75) is 13.0 Å². The molecule has 0 saturated carbocycles. The van der Waals surface area contributed by atoms with E-state index in [1.54, 1.807) is 0 Å². The summed E-state index contributed by atoms with van der Waals surface area (Å²) in [6.07, 6.45) is -2.98. The van der Waals surface area contributed by atoms with Crippen molar-refractivity contribution in [3.05, 3.63) is 11.4 Å². The molecule has 1 aromatic rings. The minimum atomic E-state index is -2.98. The zero-order chi connectivity index (χ0) is 10.7. The molecule has 1 aromatic heterocycles. The van der Waals surface area contributed by atoms with Gasteiger partial charge in [-0.25, -0.2) is 18.3 Å². The number of carboxylic acid groups (broad SMARTS) is 1. The number of carboxylic acids is 1. The number of nitrogens with zero attached hydrogens (tertiary/aromatic N) is 3. The van der Waals surface area contributed by atoms with Gasteiger partial charge in [0.2, 0.25) is 0 Å². The molecular formula is C6H7F2N3O3. The van der Waals surface area contributed by atoms with Gasteiger partial charge in [-0.2, -0.15) is 0 Å². The van der Waals surface area contributed by atoms with Gasteiger partial charge >= 0.3 is 5.97 Å². The van der Waals surface area contributed by atoms with Crippen LogP contribution in [0.2, 0.25) is 0 Å². The number of rotatable bonds is 4. The van der Waals surface area contributed by atoms with Crippen LogP contribution in [0.25, 0.3) is 0 Å². The fraction of sp³-hybridized carbons (Fsp3) is 0.500. The van der Waals surface area contributed by atoms with E-state index in [1.165, 1.54) is 0 Å². The van der Waals surface area contributed by atoms with E-state index in [1.807, 2.05) is 0 Å². The topological polar surface area (TPSA) is 88.2 Å². The second kappa shape index (κ2) is 4.09. The van der Waals surface area contributed by atoms with E-state index in [0.29, 0.717) is 4.68 Å². The van der Waals surface area contributed by atoms with Gasteiger partial charge in [0.25, 0.3) is 6.43 Å². The Morgan fingerprint density at radius 1 is 1.57 bits per heavy atom. The molecular weight excluding hydrogens is 200 g/mol. The quantitative estimate of drug-likeness (QED) is 0.720. The van der Waals surface area contributed by atoms with Crippen molar-refractivity contribution in [2.24, 2.45) is 0 Å². The van der Waals surface area contributed by atoms with E-state index in [9.17, 15) is 13.6 Å². The molecule has 0 spiro atoms. The van der Waals surface area contributed by atoms with Crippen molar-refractivity contribution in [1.29, 1.82) is 0 Å². The van der Waals surface area contributed by atoms with Gasteiger partial charge in [0.15, 0.2) is 5.69 Å². The number of hydrogen-bond donors (Lipinski definition) is 2. The molecule has 0 aliphatic rings. The van der Waals surface area contributed by atoms with Gasteiger partial charge in [0, 0.05) is 0 Å². The van der Waals surface area contributed by atoms with Gasteiger partial charge < -0.3 is 10.2 Å². The fourth-order valence-electron chi connectivity index (χ4n) is 0.949. The highest BCUT2D eigenvalue weighted by molar-refractivity contribution is 5.86. The highest BCUT2D eigenvalue weighted by Gasteiger charge is 2.25. The number of alkyl halides is 2. The first-order valence-electron chi connectivity index (χ1n) is 3.63. The van der Waals surface area contributed by atoms with Crippen LogP contribution in [0, 0.1) is 0 Å². The third-order valence-electron chi connectivity index (χ3n) is 1.49. The summed E-state index contributed by atoms with van der Waals surface area (Å²) in [5, 5.41) is 23.2. The Labute approximate surface area is 76.8 Å². The third-order valence-corrected chi connectivity index (χ3v) is 1.49. The maximum absolute atomic E-state index is 12.4. The molecule has 6 nitrogen and oxygen atoms in total. The first-order valence-corrected chi connectivity index (χ1v) is 3.63. The monoisotopic (exact) mass is 207 g/mol. The third kappa shape index (κ3) is 1.84. The Bertz CT molecular complexity index is 339. The van der Waals surface area contributed by atoms with Gasteiger partial charge in [-0.3, -0.25) is 0 Å². The van der Waals surface area contributed by atoms with E-state index in [0.717, 1.165) is 0 Å². The summed E-state index contributed by atoms with van der Waals surface area (Å²) in [6, 6.07) is 0. The Morgan fingerprint density at radius 2 is 2.21 bits per heavy atom. The van der Waals surface area contributed by atoms with Gasteiger partial charge in [-0.1, -0.05) is 5.21 Å². The van der Waals surface area contributed by atoms with Crippen LogP contribution in [0.15, 0.2) is 0 Å². The van der Waals surface area contributed by atoms with Crippen LogP contribution in [0.4, 0.5) is 8.78 Å². The first-order chi connectivity index (χ1) is 6.57. The van der Waals surface area contributed by atoms with Crippen molar-refractivity contribution in [3.63, 3.8) is 0 Å². The lowest BCUT2D eigenvalue weighted by molar-refractivity contribution is 0.0675. The molecule has 78 valence electrons. The van der Waals surface area contributed by atoms with Crippen molar-refractivity contribution < 1.29 is 23.8 Å². The molecule has 2 N–H and O–H groups in total. The minimum absolute atomic E-state index is 0.208. The number of carbonyl (C=O) groups is 1. The second-order valence-electron chi connectivity index (χ2n) is 2.38. The van der Waals surface area contributed by atoms with Crippen LogP contribution in [0.1, 0.15) is 22.6 Å². The summed E-state index contributed by atoms with van der Waals surface area (Å²) in [5.41, 5.74) is -1.57. The molecule has 0 aliphatic heterocycles. The molecule has 1 heterocycles. The number of aliphatic hydroxyl groups is 1. The van der Waals surface area contributed by atoms with Crippen LogP contribution in [-0.4, -0.2) is 37.8 Å². The number of halogens is 2. The average molecular weight is 207 g/mol. The van der Waals surface area contributed by atoms with Crippen molar-refractivity contribution in [1.82, 2.24) is 15.0 Å². The number of hydrogen-bond acceptors (Lipinski definition) is 4. The number of aromatic carboxylic acids is 1. The highest BCUT2D eigenvalue weighted by Crippen LogP contribution is 2.21. The molecule has 8 heteroatoms. The molecule has 0 aliphatic carbocycles. The maximum Gasteiger partial charge on any atom is 0.358 e. The lowest BCUT2D eigenvalue weighted by Crippen LogP contribution is -2.11. The standard InChI is InChI=1S/C6H7F2N3O3/c7-5(8)4-3(6(13)14)9-10-11(4)1-2-12/h5,12H,1-2H2,(H,13,14). The second-order valence-corrected chi connectivity index (χ2v) is 2.38. The van der Waals surface area contributed by atoms with Crippen molar-refractivity contribution >= 4 is 5.97 Å². The van der Waals surface area contributed by atoms with E-state index in [-0.39, 0.29) is 6.54 Å². The lowest BCUT2D eigenvalue weighted by atomic mass is 10.3. The Morgan fingerprint density at radius 3 is 2.64 bits per heavy atom. The van der Waals surface area contributed by atoms with Gasteiger partial charge in [0.05, 0.1) is 13.2 Å². The molecule has 0 amide bonds. The summed E-state index contributed by atoms with van der Waals surface area (Å²) in [6.45, 7) is -0.623. The van der Waals surface area contributed by atoms with Crippen LogP contribution in [0.3, 0.4) is 0 Å². The maximum atomic E-state index is 12.4. The predicted molar refractivity (Wildman–Crippen MR) is 39.0 cm³/mol. The molecule has 0 unspecified atom stereocenters. The zero-order valence-electron chi connectivity index (χ0n) is 6.89. The lowest BCUT2D eigenvalue weighted by Gasteiger charge is -2.02. The van der Waals surface area contributed by atoms with E-state index < -0.39 is 30.4 Å². The largest absolute Gasteiger partial charge is 0.476 e. The summed E-state index contributed by atoms with van der Waals surface area (Å²) < 4.78 is 25.4. The normalized spacial score (nSPS) is 10.9. The van der Waals surface area contributed by atoms with Crippen molar-refractivity contribution in [2.75, 3.05) is 6.61 Å². The summed E-state index contributed by atoms with van der Waals surface area (Å²) in [7, 11) is 0. The fourth-order valence-corrected chi connectivity index (χ4v) is 0.949. The van der Waals surface area contributed by atoms with Crippen LogP contribution >= 0.6 is 0 Å². The Balaban J connectivity index is 3.13. The zero-order valence-corrected chi connectivity index (χ0v) is 6.89. The van der Waals surface area contributed by atoms with E-state index >= 15 is 0 Å². The van der Waals surface area contributed by atoms with E-state index in [4.69, 9.17) is 10.2 Å². The predicted octanol–water partition coefficient (Wildman–Crippen LogP) is -0.0938. The first kappa shape index (κ1) is 10.5. The Kier molecular flexibility index (Phi) is 3.07. The molecule has 0 atom stereocenters. The highest BCUT2D eigenvalue weighted by atomic mass is 19.3. The summed E-state index contributed by atoms with van der Waals surface area (Å²) in [4.78, 5) is 10.4. The molecule has 0 aromatic carbocycles. The average Bonchev–Trinajstić information content (AvgIpc) is 2.48. The molecule has 1 rings (SSSR count). The molecule has 0 fully saturated rings. The number of aromatic nitrogens is 3. The summed E-state index contributed by atoms with van der Waals surface area (Å²) in [5.74, 6) is -1.57. The van der Waals surface area contributed by atoms with Crippen LogP contribution in [0.5, 0.6) is 0 Å². The molecule has 0 radical (unpaired) electrons. The molecule has 0 saturated heterocycles. The minimum Gasteiger partial charge on any atom is -0.476 e. The summed E-state index contributed by atoms with van der Waals surface area (Å²) >= 11 is 0. The Hall–Kier alpha value is -1.57. The van der Waals surface area contributed by atoms with Gasteiger partial charge in [-0.15, -0.1) is 5.10 Å². The van der Waals surface area contributed by atoms with E-state index in [2.05, 4.69) is 10.3 Å². The van der Waals surface area contributed by atoms with Gasteiger partial charge in [-0.05, 0) is 0 Å². The van der Waals surface area contributed by atoms with Gasteiger partial charge in [0.1, 0.15) is 5.69 Å². The number of aliphatic hydroxyl groups excluding tert-OH is 1. The van der Waals surface area contributed by atoms with Crippen LogP contribution < -0.4 is 0 Å². The van der Waals surface area contributed by atoms with Crippen molar-refractivity contribution in [3.8, 4) is 0 Å². The molecule has 0 bridgehead atoms. The smallest absolute Gasteiger partial charge is 0.358 e. The SMILES string of the molecule is O=C(O)c1nnn(CCO)c1C(F)F. The van der Waals surface area contributed by atoms with Crippen LogP contribution in [-0.2, 0) is 6.54 Å².